The van der Waals surface area contributed by atoms with Gasteiger partial charge in [-0.1, -0.05) is 24.6 Å². The molecule has 1 aliphatic carbocycles. The van der Waals surface area contributed by atoms with Gasteiger partial charge in [0.2, 0.25) is 5.91 Å². The van der Waals surface area contributed by atoms with Crippen LogP contribution in [0, 0.1) is 5.41 Å². The number of guanidine groups is 1. The van der Waals surface area contributed by atoms with Crippen molar-refractivity contribution in [3.63, 3.8) is 0 Å². The maximum atomic E-state index is 12.6. The molecule has 2 saturated heterocycles. The van der Waals surface area contributed by atoms with Crippen LogP contribution in [0.3, 0.4) is 0 Å². The standard InChI is InChI=1S/C21H31N5O.HI/c1-22-20(26-11-10-21(17-26)8-5-9-21)23-16-19(27)25-14-12-24(13-15-25)18-6-3-2-4-7-18;/h2-4,6-7H,5,8-17H2,1H3,(H,22,23);1H. The van der Waals surface area contributed by atoms with Crippen molar-refractivity contribution in [2.24, 2.45) is 10.4 Å². The number of piperazine rings is 1. The minimum atomic E-state index is 0. The van der Waals surface area contributed by atoms with Crippen molar-refractivity contribution in [1.82, 2.24) is 15.1 Å². The molecule has 0 aromatic heterocycles. The highest BCUT2D eigenvalue weighted by atomic mass is 127. The van der Waals surface area contributed by atoms with Crippen LogP contribution in [0.25, 0.3) is 0 Å². The molecule has 7 heteroatoms. The molecule has 1 spiro atoms. The van der Waals surface area contributed by atoms with Gasteiger partial charge in [0.05, 0.1) is 6.54 Å². The molecule has 0 bridgehead atoms. The highest BCUT2D eigenvalue weighted by molar-refractivity contribution is 14.0. The quantitative estimate of drug-likeness (QED) is 0.396. The second-order valence-electron chi connectivity index (χ2n) is 8.13. The number of anilines is 1. The third-order valence-corrected chi connectivity index (χ3v) is 6.52. The maximum absolute atomic E-state index is 12.6. The van der Waals surface area contributed by atoms with Crippen molar-refractivity contribution < 1.29 is 4.79 Å². The third kappa shape index (κ3) is 4.55. The largest absolute Gasteiger partial charge is 0.368 e. The fourth-order valence-electron chi connectivity index (χ4n) is 4.65. The zero-order valence-corrected chi connectivity index (χ0v) is 19.1. The average molecular weight is 497 g/mol. The van der Waals surface area contributed by atoms with Gasteiger partial charge in [-0.05, 0) is 36.8 Å². The summed E-state index contributed by atoms with van der Waals surface area (Å²) in [6, 6.07) is 10.4. The molecule has 1 amide bonds. The van der Waals surface area contributed by atoms with Crippen LogP contribution in [0.4, 0.5) is 5.69 Å². The SMILES string of the molecule is CN=C(NCC(=O)N1CCN(c2ccccc2)CC1)N1CCC2(CCC2)C1.I. The van der Waals surface area contributed by atoms with E-state index in [1.165, 1.54) is 31.4 Å². The van der Waals surface area contributed by atoms with Gasteiger partial charge in [0.15, 0.2) is 5.96 Å². The summed E-state index contributed by atoms with van der Waals surface area (Å²) < 4.78 is 0. The number of carbonyl (C=O) groups excluding carboxylic acids is 1. The zero-order valence-electron chi connectivity index (χ0n) is 16.8. The lowest BCUT2D eigenvalue weighted by molar-refractivity contribution is -0.130. The molecular formula is C21H32IN5O. The number of hydrogen-bond acceptors (Lipinski definition) is 3. The van der Waals surface area contributed by atoms with Crippen LogP contribution in [0.5, 0.6) is 0 Å². The van der Waals surface area contributed by atoms with Crippen molar-refractivity contribution in [2.45, 2.75) is 25.7 Å². The number of likely N-dealkylation sites (tertiary alicyclic amines) is 1. The van der Waals surface area contributed by atoms with Gasteiger partial charge < -0.3 is 20.0 Å². The van der Waals surface area contributed by atoms with Crippen molar-refractivity contribution in [1.29, 1.82) is 0 Å². The third-order valence-electron chi connectivity index (χ3n) is 6.52. The van der Waals surface area contributed by atoms with Crippen LogP contribution in [0.1, 0.15) is 25.7 Å². The summed E-state index contributed by atoms with van der Waals surface area (Å²) in [5.74, 6) is 1.05. The highest BCUT2D eigenvalue weighted by Gasteiger charge is 2.43. The van der Waals surface area contributed by atoms with E-state index in [2.05, 4.69) is 44.4 Å². The molecule has 0 atom stereocenters. The molecule has 1 saturated carbocycles. The molecule has 1 aromatic carbocycles. The monoisotopic (exact) mass is 497 g/mol. The summed E-state index contributed by atoms with van der Waals surface area (Å²) in [4.78, 5) is 23.7. The molecule has 1 aromatic rings. The molecule has 3 fully saturated rings. The first kappa shape index (κ1) is 21.2. The Balaban J connectivity index is 0.00000225. The smallest absolute Gasteiger partial charge is 0.242 e. The number of amides is 1. The molecule has 3 aliphatic rings. The number of aliphatic imine (C=N–C) groups is 1. The van der Waals surface area contributed by atoms with Crippen molar-refractivity contribution in [2.75, 3.05) is 57.8 Å². The van der Waals surface area contributed by atoms with E-state index in [1.807, 2.05) is 18.0 Å². The minimum absolute atomic E-state index is 0. The second-order valence-corrected chi connectivity index (χ2v) is 8.13. The van der Waals surface area contributed by atoms with Crippen LogP contribution in [-0.2, 0) is 4.79 Å². The van der Waals surface area contributed by atoms with Crippen LogP contribution < -0.4 is 10.2 Å². The fraction of sp³-hybridized carbons (Fsp3) is 0.619. The summed E-state index contributed by atoms with van der Waals surface area (Å²) >= 11 is 0. The number of carbonyl (C=O) groups is 1. The molecule has 1 N–H and O–H groups in total. The van der Waals surface area contributed by atoms with Gasteiger partial charge >= 0.3 is 0 Å². The van der Waals surface area contributed by atoms with Gasteiger partial charge in [0.1, 0.15) is 0 Å². The highest BCUT2D eigenvalue weighted by Crippen LogP contribution is 2.47. The van der Waals surface area contributed by atoms with E-state index in [4.69, 9.17) is 0 Å². The van der Waals surface area contributed by atoms with E-state index in [1.54, 1.807) is 0 Å². The molecule has 4 rings (SSSR count). The van der Waals surface area contributed by atoms with Crippen molar-refractivity contribution in [3.8, 4) is 0 Å². The predicted octanol–water partition coefficient (Wildman–Crippen LogP) is 2.40. The van der Waals surface area contributed by atoms with Crippen LogP contribution in [0.15, 0.2) is 35.3 Å². The van der Waals surface area contributed by atoms with Crippen molar-refractivity contribution in [3.05, 3.63) is 30.3 Å². The number of para-hydroxylation sites is 1. The molecule has 6 nitrogen and oxygen atoms in total. The number of rotatable bonds is 3. The Bertz CT molecular complexity index is 683. The lowest BCUT2D eigenvalue weighted by atomic mass is 9.68. The Morgan fingerprint density at radius 2 is 1.75 bits per heavy atom. The number of benzene rings is 1. The van der Waals surface area contributed by atoms with E-state index in [9.17, 15) is 4.79 Å². The van der Waals surface area contributed by atoms with Crippen LogP contribution in [0.2, 0.25) is 0 Å². The zero-order chi connectivity index (χ0) is 18.7. The Morgan fingerprint density at radius 1 is 1.04 bits per heavy atom. The number of nitrogens with zero attached hydrogens (tertiary/aromatic N) is 4. The molecule has 0 unspecified atom stereocenters. The lowest BCUT2D eigenvalue weighted by Crippen LogP contribution is -2.52. The van der Waals surface area contributed by atoms with Crippen molar-refractivity contribution >= 4 is 41.5 Å². The van der Waals surface area contributed by atoms with E-state index < -0.39 is 0 Å². The minimum Gasteiger partial charge on any atom is -0.368 e. The van der Waals surface area contributed by atoms with Gasteiger partial charge in [-0.3, -0.25) is 9.79 Å². The van der Waals surface area contributed by atoms with Gasteiger partial charge in [-0.25, -0.2) is 0 Å². The first-order valence-electron chi connectivity index (χ1n) is 10.2. The first-order chi connectivity index (χ1) is 13.2. The van der Waals surface area contributed by atoms with Gasteiger partial charge in [0, 0.05) is 52.0 Å². The van der Waals surface area contributed by atoms with E-state index >= 15 is 0 Å². The molecular weight excluding hydrogens is 465 g/mol. The summed E-state index contributed by atoms with van der Waals surface area (Å²) in [5, 5.41) is 3.31. The second kappa shape index (κ2) is 9.33. The topological polar surface area (TPSA) is 51.2 Å². The summed E-state index contributed by atoms with van der Waals surface area (Å²) in [6.45, 7) is 5.82. The predicted molar refractivity (Wildman–Crippen MR) is 124 cm³/mol. The Hall–Kier alpha value is -1.51. The fourth-order valence-corrected chi connectivity index (χ4v) is 4.65. The number of nitrogens with one attached hydrogen (secondary N) is 1. The summed E-state index contributed by atoms with van der Waals surface area (Å²) in [6.07, 6.45) is 5.34. The first-order valence-corrected chi connectivity index (χ1v) is 10.2. The Morgan fingerprint density at radius 3 is 2.32 bits per heavy atom. The number of hydrogen-bond donors (Lipinski definition) is 1. The number of halogens is 1. The molecule has 154 valence electrons. The van der Waals surface area contributed by atoms with Crippen LogP contribution >= 0.6 is 24.0 Å². The average Bonchev–Trinajstić information content (AvgIpc) is 3.15. The Labute approximate surface area is 185 Å². The van der Waals surface area contributed by atoms with E-state index in [0.29, 0.717) is 12.0 Å². The maximum Gasteiger partial charge on any atom is 0.242 e. The Kier molecular flexibility index (Phi) is 7.06. The van der Waals surface area contributed by atoms with Gasteiger partial charge in [0.25, 0.3) is 0 Å². The summed E-state index contributed by atoms with van der Waals surface area (Å²) in [7, 11) is 1.82. The molecule has 2 aliphatic heterocycles. The molecule has 0 radical (unpaired) electrons. The molecule has 2 heterocycles. The van der Waals surface area contributed by atoms with E-state index in [0.717, 1.165) is 45.2 Å². The van der Waals surface area contributed by atoms with Gasteiger partial charge in [-0.15, -0.1) is 24.0 Å². The van der Waals surface area contributed by atoms with Crippen LogP contribution in [-0.4, -0.2) is 74.5 Å². The normalized spacial score (nSPS) is 21.3. The van der Waals surface area contributed by atoms with Gasteiger partial charge in [-0.2, -0.15) is 0 Å². The van der Waals surface area contributed by atoms with E-state index in [-0.39, 0.29) is 29.9 Å². The molecule has 28 heavy (non-hydrogen) atoms. The lowest BCUT2D eigenvalue weighted by Gasteiger charge is -2.38. The summed E-state index contributed by atoms with van der Waals surface area (Å²) in [5.41, 5.74) is 1.78.